The topological polar surface area (TPSA) is 85.9 Å². The molecule has 152 valence electrons. The highest BCUT2D eigenvalue weighted by Gasteiger charge is 2.08. The number of aliphatic imine (C=N–C) groups is 1. The number of guanidine groups is 1. The average molecular weight is 497 g/mol. The molecule has 0 spiro atoms. The number of benzene rings is 2. The first-order valence-corrected chi connectivity index (χ1v) is 9.10. The van der Waals surface area contributed by atoms with E-state index in [0.717, 1.165) is 17.5 Å². The van der Waals surface area contributed by atoms with Crippen LogP contribution in [0.2, 0.25) is 0 Å². The third kappa shape index (κ3) is 9.18. The Morgan fingerprint density at radius 3 is 2.61 bits per heavy atom. The molecule has 28 heavy (non-hydrogen) atoms. The minimum absolute atomic E-state index is 0. The summed E-state index contributed by atoms with van der Waals surface area (Å²) in [5.74, 6) is 0.0234. The normalized spacial score (nSPS) is 10.8. The van der Waals surface area contributed by atoms with Crippen molar-refractivity contribution < 1.29 is 14.3 Å². The third-order valence-electron chi connectivity index (χ3n) is 3.78. The van der Waals surface area contributed by atoms with Crippen LogP contribution in [0.1, 0.15) is 34.8 Å². The molecule has 0 saturated carbocycles. The zero-order valence-corrected chi connectivity index (χ0v) is 18.4. The van der Waals surface area contributed by atoms with E-state index in [-0.39, 0.29) is 36.6 Å². The summed E-state index contributed by atoms with van der Waals surface area (Å²) in [7, 11) is 0. The zero-order valence-electron chi connectivity index (χ0n) is 16.1. The maximum Gasteiger partial charge on any atom is 0.338 e. The second-order valence-corrected chi connectivity index (χ2v) is 5.94. The quantitative estimate of drug-likeness (QED) is 0.173. The van der Waals surface area contributed by atoms with Gasteiger partial charge >= 0.3 is 5.97 Å². The molecule has 0 aliphatic carbocycles. The van der Waals surface area contributed by atoms with Crippen LogP contribution in [0.4, 0.5) is 0 Å². The molecule has 2 aromatic carbocycles. The Morgan fingerprint density at radius 1 is 1.11 bits per heavy atom. The molecule has 3 N–H and O–H groups in total. The monoisotopic (exact) mass is 497 g/mol. The minimum atomic E-state index is -0.355. The number of rotatable bonds is 10. The SMILES string of the molecule is CCOCCCNC(N)=NCc1cccc(C(=O)OCc2ccccc2)c1.I. The molecule has 0 unspecified atom stereocenters. The molecule has 0 radical (unpaired) electrons. The highest BCUT2D eigenvalue weighted by atomic mass is 127. The lowest BCUT2D eigenvalue weighted by Gasteiger charge is -2.07. The van der Waals surface area contributed by atoms with Gasteiger partial charge in [0.25, 0.3) is 0 Å². The van der Waals surface area contributed by atoms with E-state index in [1.165, 1.54) is 0 Å². The predicted octanol–water partition coefficient (Wildman–Crippen LogP) is 3.49. The molecule has 0 amide bonds. The molecule has 7 heteroatoms. The van der Waals surface area contributed by atoms with Gasteiger partial charge in [-0.3, -0.25) is 0 Å². The highest BCUT2D eigenvalue weighted by Crippen LogP contribution is 2.10. The van der Waals surface area contributed by atoms with Crippen LogP contribution in [0.3, 0.4) is 0 Å². The molecule has 0 bridgehead atoms. The molecular weight excluding hydrogens is 469 g/mol. The van der Waals surface area contributed by atoms with Crippen LogP contribution in [-0.4, -0.2) is 31.7 Å². The van der Waals surface area contributed by atoms with Crippen LogP contribution >= 0.6 is 24.0 Å². The summed E-state index contributed by atoms with van der Waals surface area (Å²) in [4.78, 5) is 16.5. The van der Waals surface area contributed by atoms with Gasteiger partial charge in [0.15, 0.2) is 5.96 Å². The number of halogens is 1. The molecule has 0 heterocycles. The van der Waals surface area contributed by atoms with Crippen molar-refractivity contribution in [3.63, 3.8) is 0 Å². The van der Waals surface area contributed by atoms with E-state index < -0.39 is 0 Å². The second kappa shape index (κ2) is 14.0. The van der Waals surface area contributed by atoms with Gasteiger partial charge in [0.05, 0.1) is 12.1 Å². The van der Waals surface area contributed by atoms with Gasteiger partial charge in [-0.1, -0.05) is 42.5 Å². The van der Waals surface area contributed by atoms with Crippen LogP contribution in [0.25, 0.3) is 0 Å². The van der Waals surface area contributed by atoms with Gasteiger partial charge in [0, 0.05) is 19.8 Å². The smallest absolute Gasteiger partial charge is 0.338 e. The Labute approximate surface area is 183 Å². The first-order chi connectivity index (χ1) is 13.2. The Balaban J connectivity index is 0.00000392. The van der Waals surface area contributed by atoms with E-state index in [2.05, 4.69) is 10.3 Å². The number of hydrogen-bond donors (Lipinski definition) is 2. The number of esters is 1. The van der Waals surface area contributed by atoms with Crippen molar-refractivity contribution in [2.24, 2.45) is 10.7 Å². The van der Waals surface area contributed by atoms with E-state index in [1.807, 2.05) is 49.4 Å². The van der Waals surface area contributed by atoms with Gasteiger partial charge in [-0.25, -0.2) is 9.79 Å². The Bertz CT molecular complexity index is 739. The van der Waals surface area contributed by atoms with E-state index >= 15 is 0 Å². The highest BCUT2D eigenvalue weighted by molar-refractivity contribution is 14.0. The third-order valence-corrected chi connectivity index (χ3v) is 3.78. The molecule has 0 aliphatic rings. The fourth-order valence-electron chi connectivity index (χ4n) is 2.37. The number of ether oxygens (including phenoxy) is 2. The van der Waals surface area contributed by atoms with Crippen LogP contribution in [0, 0.1) is 0 Å². The number of nitrogens with two attached hydrogens (primary N) is 1. The fraction of sp³-hybridized carbons (Fsp3) is 0.333. The van der Waals surface area contributed by atoms with Crippen molar-refractivity contribution in [1.82, 2.24) is 5.32 Å². The second-order valence-electron chi connectivity index (χ2n) is 5.94. The van der Waals surface area contributed by atoms with E-state index in [4.69, 9.17) is 15.2 Å². The maximum atomic E-state index is 12.2. The molecule has 0 fully saturated rings. The summed E-state index contributed by atoms with van der Waals surface area (Å²) >= 11 is 0. The zero-order chi connectivity index (χ0) is 19.3. The number of carbonyl (C=O) groups excluding carboxylic acids is 1. The number of hydrogen-bond acceptors (Lipinski definition) is 4. The molecule has 0 aromatic heterocycles. The fourth-order valence-corrected chi connectivity index (χ4v) is 2.37. The van der Waals surface area contributed by atoms with Gasteiger partial charge in [-0.15, -0.1) is 24.0 Å². The van der Waals surface area contributed by atoms with Crippen LogP contribution in [0.15, 0.2) is 59.6 Å². The summed E-state index contributed by atoms with van der Waals surface area (Å²) in [5.41, 5.74) is 8.20. The summed E-state index contributed by atoms with van der Waals surface area (Å²) in [6.45, 7) is 4.73. The van der Waals surface area contributed by atoms with Crippen LogP contribution in [0.5, 0.6) is 0 Å². The Morgan fingerprint density at radius 2 is 1.86 bits per heavy atom. The number of nitrogens with one attached hydrogen (secondary N) is 1. The van der Waals surface area contributed by atoms with Crippen molar-refractivity contribution in [2.45, 2.75) is 26.5 Å². The molecule has 6 nitrogen and oxygen atoms in total. The van der Waals surface area contributed by atoms with E-state index in [1.54, 1.807) is 12.1 Å². The van der Waals surface area contributed by atoms with Crippen molar-refractivity contribution in [3.05, 3.63) is 71.3 Å². The van der Waals surface area contributed by atoms with Crippen molar-refractivity contribution in [1.29, 1.82) is 0 Å². The van der Waals surface area contributed by atoms with Gasteiger partial charge in [-0.2, -0.15) is 0 Å². The lowest BCUT2D eigenvalue weighted by atomic mass is 10.1. The molecular formula is C21H28IN3O3. The first-order valence-electron chi connectivity index (χ1n) is 9.10. The van der Waals surface area contributed by atoms with Crippen molar-refractivity contribution in [2.75, 3.05) is 19.8 Å². The van der Waals surface area contributed by atoms with Crippen LogP contribution in [-0.2, 0) is 22.6 Å². The molecule has 0 saturated heterocycles. The summed E-state index contributed by atoms with van der Waals surface area (Å²) < 4.78 is 10.6. The van der Waals surface area contributed by atoms with Gasteiger partial charge in [0.1, 0.15) is 6.61 Å². The summed E-state index contributed by atoms with van der Waals surface area (Å²) in [6, 6.07) is 16.8. The lowest BCUT2D eigenvalue weighted by Crippen LogP contribution is -2.32. The van der Waals surface area contributed by atoms with E-state index in [0.29, 0.717) is 37.8 Å². The predicted molar refractivity (Wildman–Crippen MR) is 122 cm³/mol. The van der Waals surface area contributed by atoms with Gasteiger partial charge < -0.3 is 20.5 Å². The summed E-state index contributed by atoms with van der Waals surface area (Å²) in [6.07, 6.45) is 0.868. The van der Waals surface area contributed by atoms with Crippen molar-refractivity contribution >= 4 is 35.9 Å². The van der Waals surface area contributed by atoms with Gasteiger partial charge in [-0.05, 0) is 36.6 Å². The van der Waals surface area contributed by atoms with Crippen molar-refractivity contribution in [3.8, 4) is 0 Å². The summed E-state index contributed by atoms with van der Waals surface area (Å²) in [5, 5.41) is 3.04. The molecule has 2 rings (SSSR count). The molecule has 0 aliphatic heterocycles. The standard InChI is InChI=1S/C21H27N3O3.HI/c1-2-26-13-7-12-23-21(22)24-15-18-10-6-11-19(14-18)20(25)27-16-17-8-4-3-5-9-17;/h3-6,8-11,14H,2,7,12-13,15-16H2,1H3,(H3,22,23,24);1H. The van der Waals surface area contributed by atoms with Gasteiger partial charge in [0.2, 0.25) is 0 Å². The number of carbonyl (C=O) groups is 1. The van der Waals surface area contributed by atoms with Crippen LogP contribution < -0.4 is 11.1 Å². The lowest BCUT2D eigenvalue weighted by molar-refractivity contribution is 0.0472. The largest absolute Gasteiger partial charge is 0.457 e. The van der Waals surface area contributed by atoms with E-state index in [9.17, 15) is 4.79 Å². The average Bonchev–Trinajstić information content (AvgIpc) is 2.71. The first kappa shape index (κ1) is 23.9. The number of nitrogens with zero attached hydrogens (tertiary/aromatic N) is 1. The minimum Gasteiger partial charge on any atom is -0.457 e. The Hall–Kier alpha value is -2.13. The molecule has 2 aromatic rings. The maximum absolute atomic E-state index is 12.2. The Kier molecular flexibility index (Phi) is 11.9. The molecule has 0 atom stereocenters.